The zero-order valence-electron chi connectivity index (χ0n) is 19.4. The second kappa shape index (κ2) is 7.03. The zero-order valence-corrected chi connectivity index (χ0v) is 19.4. The minimum Gasteiger partial charge on any atom is -0.394 e. The van der Waals surface area contributed by atoms with Crippen LogP contribution in [0.3, 0.4) is 0 Å². The summed E-state index contributed by atoms with van der Waals surface area (Å²) in [5.74, 6) is -4.52. The van der Waals surface area contributed by atoms with Gasteiger partial charge in [0.25, 0.3) is 0 Å². The molecule has 2 fully saturated rings. The van der Waals surface area contributed by atoms with Crippen LogP contribution in [0.2, 0.25) is 0 Å². The summed E-state index contributed by atoms with van der Waals surface area (Å²) in [6, 6.07) is 0. The summed E-state index contributed by atoms with van der Waals surface area (Å²) in [6.07, 6.45) is -2.86. The predicted octanol–water partition coefficient (Wildman–Crippen LogP) is -2.28. The first-order valence-electron chi connectivity index (χ1n) is 10.2. The lowest BCUT2D eigenvalue weighted by atomic mass is 9.63. The van der Waals surface area contributed by atoms with Gasteiger partial charge in [0.1, 0.15) is 45.8 Å². The van der Waals surface area contributed by atoms with E-state index < -0.39 is 70.6 Å². The van der Waals surface area contributed by atoms with Gasteiger partial charge in [0.2, 0.25) is 0 Å². The van der Waals surface area contributed by atoms with Gasteiger partial charge in [-0.2, -0.15) is 0 Å². The maximum atomic E-state index is 11.4. The van der Waals surface area contributed by atoms with E-state index in [-0.39, 0.29) is 0 Å². The molecule has 31 heavy (non-hydrogen) atoms. The summed E-state index contributed by atoms with van der Waals surface area (Å²) in [7, 11) is 0. The predicted molar refractivity (Wildman–Crippen MR) is 106 cm³/mol. The van der Waals surface area contributed by atoms with Crippen LogP contribution < -0.4 is 0 Å². The minimum absolute atomic E-state index is 0.752. The van der Waals surface area contributed by atoms with Crippen molar-refractivity contribution < 1.29 is 55.1 Å². The third-order valence-corrected chi connectivity index (χ3v) is 8.35. The molecule has 1 unspecified atom stereocenters. The van der Waals surface area contributed by atoms with Crippen molar-refractivity contribution in [2.24, 2.45) is 0 Å². The van der Waals surface area contributed by atoms with Crippen LogP contribution >= 0.6 is 0 Å². The van der Waals surface area contributed by atoms with E-state index in [4.69, 9.17) is 14.2 Å². The molecule has 184 valence electrons. The Morgan fingerprint density at radius 1 is 0.613 bits per heavy atom. The van der Waals surface area contributed by atoms with E-state index in [9.17, 15) is 40.9 Å². The van der Waals surface area contributed by atoms with Gasteiger partial charge in [0, 0.05) is 0 Å². The Bertz CT molecular complexity index is 699. The summed E-state index contributed by atoms with van der Waals surface area (Å²) in [5, 5.41) is 86.0. The van der Waals surface area contributed by atoms with Gasteiger partial charge in [0.15, 0.2) is 11.6 Å². The topological polar surface area (TPSA) is 190 Å². The highest BCUT2D eigenvalue weighted by molar-refractivity contribution is 5.22. The average Bonchev–Trinajstić information content (AvgIpc) is 2.61. The standard InChI is InChI=1S/C20H38O11/c1-13(23)11(9-21)30-20(8,18(6,27)15(13,3)24)31-14(2)12(10-22)29-19(7,28)17(5,26)16(14,4)25/h11-12,21-28H,9-10H2,1-8H3/t11-,12-,13+,14-,15+,16+,17-,18-,19?,20+/m1/s1. The monoisotopic (exact) mass is 454 g/mol. The van der Waals surface area contributed by atoms with Gasteiger partial charge in [-0.25, -0.2) is 0 Å². The van der Waals surface area contributed by atoms with Gasteiger partial charge in [-0.1, -0.05) is 0 Å². The van der Waals surface area contributed by atoms with E-state index in [1.807, 2.05) is 0 Å². The van der Waals surface area contributed by atoms with E-state index in [0.717, 1.165) is 34.6 Å². The van der Waals surface area contributed by atoms with Crippen LogP contribution in [0.5, 0.6) is 0 Å². The van der Waals surface area contributed by atoms with Gasteiger partial charge in [-0.05, 0) is 55.4 Å². The Balaban J connectivity index is 2.67. The number of aliphatic hydroxyl groups excluding tert-OH is 2. The van der Waals surface area contributed by atoms with E-state index in [1.165, 1.54) is 20.8 Å². The minimum atomic E-state index is -2.36. The number of ether oxygens (including phenoxy) is 3. The molecular formula is C20H38O11. The lowest BCUT2D eigenvalue weighted by molar-refractivity contribution is -0.493. The van der Waals surface area contributed by atoms with E-state index >= 15 is 0 Å². The molecule has 10 atom stereocenters. The second-order valence-corrected chi connectivity index (χ2v) is 10.2. The van der Waals surface area contributed by atoms with E-state index in [2.05, 4.69) is 0 Å². The van der Waals surface area contributed by atoms with Gasteiger partial charge in [0.05, 0.1) is 13.2 Å². The van der Waals surface area contributed by atoms with Crippen molar-refractivity contribution in [1.82, 2.24) is 0 Å². The molecule has 2 aliphatic heterocycles. The fraction of sp³-hybridized carbons (Fsp3) is 1.00. The van der Waals surface area contributed by atoms with Crippen molar-refractivity contribution in [1.29, 1.82) is 0 Å². The van der Waals surface area contributed by atoms with Crippen LogP contribution in [0.1, 0.15) is 55.4 Å². The van der Waals surface area contributed by atoms with Gasteiger partial charge in [-0.3, -0.25) is 0 Å². The maximum absolute atomic E-state index is 11.4. The van der Waals surface area contributed by atoms with Crippen LogP contribution in [0.4, 0.5) is 0 Å². The summed E-state index contributed by atoms with van der Waals surface area (Å²) in [5.41, 5.74) is -13.5. The Hall–Kier alpha value is -0.440. The summed E-state index contributed by atoms with van der Waals surface area (Å²) >= 11 is 0. The summed E-state index contributed by atoms with van der Waals surface area (Å²) in [4.78, 5) is 0. The lowest BCUT2D eigenvalue weighted by Crippen LogP contribution is -2.86. The van der Waals surface area contributed by atoms with E-state index in [1.54, 1.807) is 0 Å². The molecule has 2 aliphatic rings. The van der Waals surface area contributed by atoms with Crippen LogP contribution in [0, 0.1) is 0 Å². The first kappa shape index (κ1) is 26.8. The third-order valence-electron chi connectivity index (χ3n) is 8.35. The van der Waals surface area contributed by atoms with Gasteiger partial charge < -0.3 is 55.1 Å². The molecule has 0 bridgehead atoms. The molecule has 0 aromatic rings. The Kier molecular flexibility index (Phi) is 6.08. The Labute approximate surface area is 181 Å². The fourth-order valence-electron chi connectivity index (χ4n) is 4.62. The smallest absolute Gasteiger partial charge is 0.198 e. The second-order valence-electron chi connectivity index (χ2n) is 10.2. The molecule has 11 heteroatoms. The Morgan fingerprint density at radius 3 is 1.48 bits per heavy atom. The van der Waals surface area contributed by atoms with Crippen molar-refractivity contribution in [2.75, 3.05) is 13.2 Å². The van der Waals surface area contributed by atoms with Crippen LogP contribution in [0.25, 0.3) is 0 Å². The first-order valence-corrected chi connectivity index (χ1v) is 10.2. The maximum Gasteiger partial charge on any atom is 0.198 e. The molecule has 0 saturated carbocycles. The quantitative estimate of drug-likeness (QED) is 0.228. The normalized spacial score (nSPS) is 60.8. The molecule has 0 aliphatic carbocycles. The number of hydrogen-bond acceptors (Lipinski definition) is 11. The number of aliphatic hydroxyl groups is 8. The van der Waals surface area contributed by atoms with Crippen molar-refractivity contribution in [3.05, 3.63) is 0 Å². The highest BCUT2D eigenvalue weighted by atomic mass is 16.8. The van der Waals surface area contributed by atoms with Crippen LogP contribution in [-0.2, 0) is 14.2 Å². The van der Waals surface area contributed by atoms with Crippen molar-refractivity contribution in [2.45, 2.75) is 113 Å². The number of rotatable bonds is 4. The van der Waals surface area contributed by atoms with Crippen molar-refractivity contribution in [3.63, 3.8) is 0 Å². The number of hydrogen-bond donors (Lipinski definition) is 8. The Morgan fingerprint density at radius 2 is 1.06 bits per heavy atom. The molecule has 0 aromatic carbocycles. The third kappa shape index (κ3) is 3.07. The van der Waals surface area contributed by atoms with Crippen molar-refractivity contribution >= 4 is 0 Å². The first-order chi connectivity index (χ1) is 13.5. The molecule has 0 radical (unpaired) electrons. The molecule has 0 aromatic heterocycles. The van der Waals surface area contributed by atoms with Crippen LogP contribution in [-0.4, -0.2) is 111 Å². The highest BCUT2D eigenvalue weighted by Gasteiger charge is 2.76. The molecule has 8 N–H and O–H groups in total. The van der Waals surface area contributed by atoms with E-state index in [0.29, 0.717) is 0 Å². The lowest BCUT2D eigenvalue weighted by Gasteiger charge is -2.66. The molecular weight excluding hydrogens is 416 g/mol. The van der Waals surface area contributed by atoms with Crippen LogP contribution in [0.15, 0.2) is 0 Å². The average molecular weight is 455 g/mol. The molecule has 2 heterocycles. The van der Waals surface area contributed by atoms with Gasteiger partial charge >= 0.3 is 0 Å². The van der Waals surface area contributed by atoms with Gasteiger partial charge in [-0.15, -0.1) is 0 Å². The summed E-state index contributed by atoms with van der Waals surface area (Å²) in [6.45, 7) is 7.82. The highest BCUT2D eigenvalue weighted by Crippen LogP contribution is 2.55. The summed E-state index contributed by atoms with van der Waals surface area (Å²) < 4.78 is 17.3. The largest absolute Gasteiger partial charge is 0.394 e. The molecule has 11 nitrogen and oxygen atoms in total. The SMILES string of the molecule is CC1(O)O[C@H](CO)[C@@](C)(O[C@]2(C)O[C@H](CO)[C@](C)(O)[C@](C)(O)[C@@]2(C)O)[C@](C)(O)[C@@]1(C)O. The molecule has 2 rings (SSSR count). The molecule has 2 saturated heterocycles. The van der Waals surface area contributed by atoms with Crippen molar-refractivity contribution in [3.8, 4) is 0 Å². The molecule has 0 amide bonds. The molecule has 0 spiro atoms. The zero-order chi connectivity index (χ0) is 24.7. The fourth-order valence-corrected chi connectivity index (χ4v) is 4.62.